The third-order valence-electron chi connectivity index (χ3n) is 5.22. The fourth-order valence-electron chi connectivity index (χ4n) is 3.80. The molecule has 0 aromatic carbocycles. The minimum absolute atomic E-state index is 0.0216. The summed E-state index contributed by atoms with van der Waals surface area (Å²) in [6, 6.07) is 0. The zero-order chi connectivity index (χ0) is 13.7. The van der Waals surface area contributed by atoms with Crippen molar-refractivity contribution in [2.24, 2.45) is 11.8 Å². The lowest BCUT2D eigenvalue weighted by Gasteiger charge is -2.36. The molecule has 0 saturated heterocycles. The molecular weight excluding hydrogens is 236 g/mol. The van der Waals surface area contributed by atoms with Crippen molar-refractivity contribution in [3.05, 3.63) is 0 Å². The van der Waals surface area contributed by atoms with Crippen LogP contribution in [0.15, 0.2) is 0 Å². The average Bonchev–Trinajstić information content (AvgIpc) is 3.16. The Balaban J connectivity index is 1.82. The van der Waals surface area contributed by atoms with Crippen LogP contribution in [0.5, 0.6) is 0 Å². The molecule has 0 bridgehead atoms. The molecule has 0 amide bonds. The molecule has 2 saturated carbocycles. The highest BCUT2D eigenvalue weighted by Crippen LogP contribution is 2.38. The largest absolute Gasteiger partial charge is 0.394 e. The zero-order valence-electron chi connectivity index (χ0n) is 12.8. The van der Waals surface area contributed by atoms with Crippen LogP contribution >= 0.6 is 0 Å². The van der Waals surface area contributed by atoms with E-state index in [1.165, 1.54) is 51.7 Å². The van der Waals surface area contributed by atoms with E-state index < -0.39 is 0 Å². The number of aliphatic hydroxyl groups is 1. The Morgan fingerprint density at radius 2 is 2.05 bits per heavy atom. The zero-order valence-corrected chi connectivity index (χ0v) is 12.8. The minimum Gasteiger partial charge on any atom is -0.394 e. The van der Waals surface area contributed by atoms with E-state index in [1.54, 1.807) is 0 Å². The molecule has 0 aromatic rings. The fraction of sp³-hybridized carbons (Fsp3) is 1.00. The van der Waals surface area contributed by atoms with Gasteiger partial charge in [0.15, 0.2) is 0 Å². The first-order valence-corrected chi connectivity index (χ1v) is 8.32. The Hall–Kier alpha value is -0.120. The van der Waals surface area contributed by atoms with E-state index in [0.717, 1.165) is 18.9 Å². The molecule has 0 radical (unpaired) electrons. The van der Waals surface area contributed by atoms with Crippen molar-refractivity contribution in [1.29, 1.82) is 0 Å². The number of nitrogens with one attached hydrogen (secondary N) is 1. The first-order chi connectivity index (χ1) is 9.24. The van der Waals surface area contributed by atoms with Crippen LogP contribution in [0.4, 0.5) is 0 Å². The number of likely N-dealkylation sites (N-methyl/N-ethyl adjacent to an activating group) is 1. The molecule has 2 atom stereocenters. The summed E-state index contributed by atoms with van der Waals surface area (Å²) >= 11 is 0. The lowest BCUT2D eigenvalue weighted by molar-refractivity contribution is 0.112. The van der Waals surface area contributed by atoms with E-state index in [4.69, 9.17) is 0 Å². The molecule has 2 N–H and O–H groups in total. The smallest absolute Gasteiger partial charge is 0.0616 e. The van der Waals surface area contributed by atoms with Gasteiger partial charge in [-0.3, -0.25) is 0 Å². The molecule has 0 heterocycles. The van der Waals surface area contributed by atoms with Gasteiger partial charge in [-0.05, 0) is 63.6 Å². The van der Waals surface area contributed by atoms with Gasteiger partial charge >= 0.3 is 0 Å². The monoisotopic (exact) mass is 268 g/mol. The number of rotatable bonds is 9. The Morgan fingerprint density at radius 3 is 2.63 bits per heavy atom. The topological polar surface area (TPSA) is 35.5 Å². The molecule has 0 aliphatic heterocycles. The molecule has 2 unspecified atom stereocenters. The van der Waals surface area contributed by atoms with E-state index in [9.17, 15) is 5.11 Å². The van der Waals surface area contributed by atoms with Crippen LogP contribution in [0.25, 0.3) is 0 Å². The van der Waals surface area contributed by atoms with Crippen molar-refractivity contribution in [2.75, 3.05) is 32.8 Å². The van der Waals surface area contributed by atoms with Crippen molar-refractivity contribution < 1.29 is 5.11 Å². The van der Waals surface area contributed by atoms with Crippen molar-refractivity contribution >= 4 is 0 Å². The average molecular weight is 268 g/mol. The van der Waals surface area contributed by atoms with Crippen LogP contribution in [0.2, 0.25) is 0 Å². The highest BCUT2D eigenvalue weighted by Gasteiger charge is 2.41. The lowest BCUT2D eigenvalue weighted by Crippen LogP contribution is -2.52. The van der Waals surface area contributed by atoms with Crippen LogP contribution in [-0.2, 0) is 0 Å². The summed E-state index contributed by atoms with van der Waals surface area (Å²) in [6.45, 7) is 9.40. The van der Waals surface area contributed by atoms with Crippen LogP contribution in [-0.4, -0.2) is 48.3 Å². The van der Waals surface area contributed by atoms with E-state index in [0.29, 0.717) is 12.5 Å². The van der Waals surface area contributed by atoms with Gasteiger partial charge in [-0.1, -0.05) is 20.3 Å². The maximum Gasteiger partial charge on any atom is 0.0616 e. The van der Waals surface area contributed by atoms with E-state index in [2.05, 4.69) is 24.1 Å². The van der Waals surface area contributed by atoms with E-state index in [1.807, 2.05) is 0 Å². The summed E-state index contributed by atoms with van der Waals surface area (Å²) in [7, 11) is 0. The summed E-state index contributed by atoms with van der Waals surface area (Å²) in [5.74, 6) is 1.64. The standard InChI is InChI=1S/C16H32N2O/c1-3-17-16(13-19)10-5-6-15(16)9-11-18(4-2)12-14-7-8-14/h14-15,17,19H,3-13H2,1-2H3. The fourth-order valence-corrected chi connectivity index (χ4v) is 3.80. The molecule has 2 aliphatic rings. The molecule has 2 rings (SSSR count). The van der Waals surface area contributed by atoms with Gasteiger partial charge < -0.3 is 15.3 Å². The van der Waals surface area contributed by atoms with Crippen molar-refractivity contribution in [2.45, 2.75) is 57.9 Å². The quantitative estimate of drug-likeness (QED) is 0.673. The van der Waals surface area contributed by atoms with Crippen molar-refractivity contribution in [3.63, 3.8) is 0 Å². The second kappa shape index (κ2) is 7.05. The number of nitrogens with zero attached hydrogens (tertiary/aromatic N) is 1. The Bertz CT molecular complexity index is 267. The second-order valence-electron chi connectivity index (χ2n) is 6.56. The Morgan fingerprint density at radius 1 is 1.26 bits per heavy atom. The second-order valence-corrected chi connectivity index (χ2v) is 6.56. The molecule has 3 nitrogen and oxygen atoms in total. The van der Waals surface area contributed by atoms with Crippen molar-refractivity contribution in [1.82, 2.24) is 10.2 Å². The molecule has 2 fully saturated rings. The van der Waals surface area contributed by atoms with Crippen LogP contribution < -0.4 is 5.32 Å². The van der Waals surface area contributed by atoms with Crippen LogP contribution in [0, 0.1) is 11.8 Å². The first-order valence-electron chi connectivity index (χ1n) is 8.32. The van der Waals surface area contributed by atoms with E-state index >= 15 is 0 Å². The third-order valence-corrected chi connectivity index (χ3v) is 5.22. The van der Waals surface area contributed by atoms with Gasteiger partial charge in [0, 0.05) is 12.1 Å². The molecule has 3 heteroatoms. The normalized spacial score (nSPS) is 31.3. The van der Waals surface area contributed by atoms with Crippen LogP contribution in [0.3, 0.4) is 0 Å². The summed E-state index contributed by atoms with van der Waals surface area (Å²) in [6.07, 6.45) is 7.84. The Kier molecular flexibility index (Phi) is 5.67. The predicted octanol–water partition coefficient (Wildman–Crippen LogP) is 2.25. The summed E-state index contributed by atoms with van der Waals surface area (Å²) in [4.78, 5) is 2.62. The first kappa shape index (κ1) is 15.3. The molecule has 2 aliphatic carbocycles. The molecule has 112 valence electrons. The Labute approximate surface area is 118 Å². The SMILES string of the molecule is CCNC1(CO)CCCC1CCN(CC)CC1CC1. The number of hydrogen-bond acceptors (Lipinski definition) is 3. The molecular formula is C16H32N2O. The van der Waals surface area contributed by atoms with Gasteiger partial charge in [0.1, 0.15) is 0 Å². The van der Waals surface area contributed by atoms with Crippen molar-refractivity contribution in [3.8, 4) is 0 Å². The number of hydrogen-bond donors (Lipinski definition) is 2. The van der Waals surface area contributed by atoms with Gasteiger partial charge in [-0.15, -0.1) is 0 Å². The van der Waals surface area contributed by atoms with Crippen LogP contribution in [0.1, 0.15) is 52.4 Å². The molecule has 0 spiro atoms. The van der Waals surface area contributed by atoms with Gasteiger partial charge in [0.05, 0.1) is 6.61 Å². The van der Waals surface area contributed by atoms with Gasteiger partial charge in [-0.2, -0.15) is 0 Å². The maximum atomic E-state index is 9.82. The summed E-state index contributed by atoms with van der Waals surface area (Å²) in [5.41, 5.74) is 0.0216. The highest BCUT2D eigenvalue weighted by molar-refractivity contribution is 4.99. The predicted molar refractivity (Wildman–Crippen MR) is 80.3 cm³/mol. The summed E-state index contributed by atoms with van der Waals surface area (Å²) < 4.78 is 0. The summed E-state index contributed by atoms with van der Waals surface area (Å²) in [5, 5.41) is 13.4. The van der Waals surface area contributed by atoms with Gasteiger partial charge in [-0.25, -0.2) is 0 Å². The van der Waals surface area contributed by atoms with E-state index in [-0.39, 0.29) is 5.54 Å². The lowest BCUT2D eigenvalue weighted by atomic mass is 9.85. The number of aliphatic hydroxyl groups excluding tert-OH is 1. The minimum atomic E-state index is 0.0216. The van der Waals surface area contributed by atoms with Gasteiger partial charge in [0.2, 0.25) is 0 Å². The molecule has 19 heavy (non-hydrogen) atoms. The maximum absolute atomic E-state index is 9.82. The third kappa shape index (κ3) is 3.93. The highest BCUT2D eigenvalue weighted by atomic mass is 16.3. The van der Waals surface area contributed by atoms with Gasteiger partial charge in [0.25, 0.3) is 0 Å². The molecule has 0 aromatic heterocycles.